The van der Waals surface area contributed by atoms with Gasteiger partial charge in [-0.2, -0.15) is 0 Å². The van der Waals surface area contributed by atoms with E-state index in [1.165, 1.54) is 11.0 Å². The van der Waals surface area contributed by atoms with Crippen molar-refractivity contribution >= 4 is 22.5 Å². The molecule has 0 atom stereocenters. The number of fused-ring (bicyclic) bond motifs is 2. The van der Waals surface area contributed by atoms with E-state index in [0.717, 1.165) is 34.9 Å². The van der Waals surface area contributed by atoms with E-state index < -0.39 is 11.5 Å². The van der Waals surface area contributed by atoms with Gasteiger partial charge in [0.25, 0.3) is 11.5 Å². The molecule has 2 aromatic carbocycles. The molecule has 160 valence electrons. The van der Waals surface area contributed by atoms with E-state index in [9.17, 15) is 14.4 Å². The SMILES string of the molecule is CCCOc1ccc2ccccc2c1CN(C)C(=O)c1cc2c([nH]c1=O)CCCC2=O. The lowest BCUT2D eigenvalue weighted by atomic mass is 9.93. The lowest BCUT2D eigenvalue weighted by Crippen LogP contribution is -2.33. The van der Waals surface area contributed by atoms with Gasteiger partial charge in [-0.3, -0.25) is 14.4 Å². The van der Waals surface area contributed by atoms with Crippen LogP contribution in [0, 0.1) is 0 Å². The van der Waals surface area contributed by atoms with Gasteiger partial charge in [0.2, 0.25) is 0 Å². The number of carbonyl (C=O) groups excluding carboxylic acids is 2. The van der Waals surface area contributed by atoms with Crippen LogP contribution in [0.4, 0.5) is 0 Å². The van der Waals surface area contributed by atoms with Crippen LogP contribution in [0.1, 0.15) is 58.2 Å². The van der Waals surface area contributed by atoms with Crippen LogP contribution in [0.25, 0.3) is 10.8 Å². The molecule has 6 nitrogen and oxygen atoms in total. The second kappa shape index (κ2) is 8.76. The number of aromatic nitrogens is 1. The highest BCUT2D eigenvalue weighted by atomic mass is 16.5. The number of aromatic amines is 1. The fourth-order valence-electron chi connectivity index (χ4n) is 4.07. The summed E-state index contributed by atoms with van der Waals surface area (Å²) in [6, 6.07) is 13.3. The number of aryl methyl sites for hydroxylation is 1. The average molecular weight is 418 g/mol. The minimum Gasteiger partial charge on any atom is -0.493 e. The van der Waals surface area contributed by atoms with Gasteiger partial charge in [-0.1, -0.05) is 37.3 Å². The molecule has 3 aromatic rings. The molecule has 1 aliphatic rings. The predicted molar refractivity (Wildman–Crippen MR) is 120 cm³/mol. The Morgan fingerprint density at radius 3 is 2.74 bits per heavy atom. The summed E-state index contributed by atoms with van der Waals surface area (Å²) in [5, 5.41) is 2.06. The summed E-state index contributed by atoms with van der Waals surface area (Å²) in [4.78, 5) is 42.3. The minimum absolute atomic E-state index is 0.00670. The number of ether oxygens (including phenoxy) is 1. The van der Waals surface area contributed by atoms with Crippen molar-refractivity contribution in [3.05, 3.63) is 75.2 Å². The Kier molecular flexibility index (Phi) is 5.89. The molecular weight excluding hydrogens is 392 g/mol. The molecule has 1 amide bonds. The number of nitrogens with one attached hydrogen (secondary N) is 1. The molecule has 1 heterocycles. The van der Waals surface area contributed by atoms with Crippen molar-refractivity contribution in [2.24, 2.45) is 0 Å². The van der Waals surface area contributed by atoms with Gasteiger partial charge in [-0.15, -0.1) is 0 Å². The van der Waals surface area contributed by atoms with Gasteiger partial charge in [-0.05, 0) is 42.2 Å². The number of ketones is 1. The molecule has 31 heavy (non-hydrogen) atoms. The molecule has 0 saturated carbocycles. The summed E-state index contributed by atoms with van der Waals surface area (Å²) < 4.78 is 5.94. The molecule has 0 saturated heterocycles. The number of hydrogen-bond acceptors (Lipinski definition) is 4. The van der Waals surface area contributed by atoms with Crippen molar-refractivity contribution in [3.8, 4) is 5.75 Å². The minimum atomic E-state index is -0.453. The van der Waals surface area contributed by atoms with E-state index in [4.69, 9.17) is 4.74 Å². The Balaban J connectivity index is 1.69. The predicted octanol–water partition coefficient (Wildman–Crippen LogP) is 4.11. The number of H-pyrrole nitrogens is 1. The first-order valence-corrected chi connectivity index (χ1v) is 10.7. The molecule has 0 radical (unpaired) electrons. The highest BCUT2D eigenvalue weighted by Gasteiger charge is 2.24. The Morgan fingerprint density at radius 2 is 1.94 bits per heavy atom. The van der Waals surface area contributed by atoms with Crippen LogP contribution >= 0.6 is 0 Å². The summed E-state index contributed by atoms with van der Waals surface area (Å²) in [6.45, 7) is 2.90. The second-order valence-corrected chi connectivity index (χ2v) is 7.95. The summed E-state index contributed by atoms with van der Waals surface area (Å²) >= 11 is 0. The number of rotatable bonds is 6. The summed E-state index contributed by atoms with van der Waals surface area (Å²) in [6.07, 6.45) is 2.68. The molecule has 0 aliphatic heterocycles. The van der Waals surface area contributed by atoms with E-state index in [1.54, 1.807) is 7.05 Å². The molecule has 1 aromatic heterocycles. The second-order valence-electron chi connectivity index (χ2n) is 7.95. The Labute approximate surface area is 180 Å². The first-order valence-electron chi connectivity index (χ1n) is 10.7. The largest absolute Gasteiger partial charge is 0.493 e. The Morgan fingerprint density at radius 1 is 1.13 bits per heavy atom. The van der Waals surface area contributed by atoms with Crippen molar-refractivity contribution in [1.82, 2.24) is 9.88 Å². The molecule has 6 heteroatoms. The van der Waals surface area contributed by atoms with Crippen molar-refractivity contribution in [1.29, 1.82) is 0 Å². The number of Topliss-reactive ketones (excluding diaryl/α,β-unsaturated/α-hetero) is 1. The molecule has 0 fully saturated rings. The number of benzene rings is 2. The lowest BCUT2D eigenvalue weighted by molar-refractivity contribution is 0.0782. The van der Waals surface area contributed by atoms with Crippen LogP contribution in [-0.2, 0) is 13.0 Å². The molecule has 1 aliphatic carbocycles. The summed E-state index contributed by atoms with van der Waals surface area (Å²) in [5.74, 6) is 0.282. The smallest absolute Gasteiger partial charge is 0.261 e. The van der Waals surface area contributed by atoms with Gasteiger partial charge in [0.1, 0.15) is 11.3 Å². The van der Waals surface area contributed by atoms with Crippen LogP contribution < -0.4 is 10.3 Å². The first kappa shape index (κ1) is 20.8. The number of amides is 1. The number of pyridine rings is 1. The monoisotopic (exact) mass is 418 g/mol. The zero-order chi connectivity index (χ0) is 22.0. The van der Waals surface area contributed by atoms with Gasteiger partial charge < -0.3 is 14.6 Å². The first-order chi connectivity index (χ1) is 15.0. The lowest BCUT2D eigenvalue weighted by Gasteiger charge is -2.22. The molecule has 4 rings (SSSR count). The Bertz CT molecular complexity index is 1210. The van der Waals surface area contributed by atoms with E-state index in [-0.39, 0.29) is 17.9 Å². The molecule has 0 spiro atoms. The number of nitrogens with zero attached hydrogens (tertiary/aromatic N) is 1. The highest BCUT2D eigenvalue weighted by molar-refractivity contribution is 6.01. The van der Waals surface area contributed by atoms with Gasteiger partial charge in [0.05, 0.1) is 6.61 Å². The molecular formula is C25H26N2O4. The fraction of sp³-hybridized carbons (Fsp3) is 0.320. The maximum absolute atomic E-state index is 13.2. The third kappa shape index (κ3) is 4.10. The quantitative estimate of drug-likeness (QED) is 0.653. The fourth-order valence-corrected chi connectivity index (χ4v) is 4.07. The van der Waals surface area contributed by atoms with Crippen molar-refractivity contribution < 1.29 is 14.3 Å². The van der Waals surface area contributed by atoms with Gasteiger partial charge >= 0.3 is 0 Å². The maximum Gasteiger partial charge on any atom is 0.261 e. The maximum atomic E-state index is 13.2. The molecule has 0 bridgehead atoms. The molecule has 1 N–H and O–H groups in total. The normalized spacial score (nSPS) is 13.2. The number of carbonyl (C=O) groups is 2. The van der Waals surface area contributed by atoms with E-state index >= 15 is 0 Å². The van der Waals surface area contributed by atoms with Gasteiger partial charge in [0.15, 0.2) is 5.78 Å². The third-order valence-corrected chi connectivity index (χ3v) is 5.69. The van der Waals surface area contributed by atoms with E-state index in [0.29, 0.717) is 30.7 Å². The standard InChI is InChI=1S/C25H26N2O4/c1-3-13-31-23-12-11-16-7-4-5-8-17(16)20(23)15-27(2)25(30)19-14-18-21(26-24(19)29)9-6-10-22(18)28/h4-5,7-8,11-12,14H,3,6,9-10,13,15H2,1-2H3,(H,26,29). The summed E-state index contributed by atoms with van der Waals surface area (Å²) in [7, 11) is 1.66. The van der Waals surface area contributed by atoms with Crippen LogP contribution in [0.3, 0.4) is 0 Å². The van der Waals surface area contributed by atoms with Crippen molar-refractivity contribution in [2.75, 3.05) is 13.7 Å². The van der Waals surface area contributed by atoms with Crippen LogP contribution in [0.2, 0.25) is 0 Å². The van der Waals surface area contributed by atoms with Crippen molar-refractivity contribution in [2.45, 2.75) is 39.2 Å². The zero-order valence-electron chi connectivity index (χ0n) is 17.9. The third-order valence-electron chi connectivity index (χ3n) is 5.69. The van der Waals surface area contributed by atoms with Gasteiger partial charge in [-0.25, -0.2) is 0 Å². The topological polar surface area (TPSA) is 79.5 Å². The van der Waals surface area contributed by atoms with Gasteiger partial charge in [0, 0.05) is 36.8 Å². The highest BCUT2D eigenvalue weighted by Crippen LogP contribution is 2.30. The van der Waals surface area contributed by atoms with Crippen LogP contribution in [-0.4, -0.2) is 35.2 Å². The summed E-state index contributed by atoms with van der Waals surface area (Å²) in [5.41, 5.74) is 1.52. The number of hydrogen-bond donors (Lipinski definition) is 1. The molecule has 0 unspecified atom stereocenters. The van der Waals surface area contributed by atoms with E-state index in [1.807, 2.05) is 43.3 Å². The average Bonchev–Trinajstić information content (AvgIpc) is 2.77. The van der Waals surface area contributed by atoms with Crippen LogP contribution in [0.15, 0.2) is 47.3 Å². The zero-order valence-corrected chi connectivity index (χ0v) is 17.9. The van der Waals surface area contributed by atoms with Crippen LogP contribution in [0.5, 0.6) is 5.75 Å². The van der Waals surface area contributed by atoms with Crippen molar-refractivity contribution in [3.63, 3.8) is 0 Å². The Hall–Kier alpha value is -3.41. The van der Waals surface area contributed by atoms with E-state index in [2.05, 4.69) is 4.98 Å².